The fraction of sp³-hybridized carbons (Fsp3) is 0.267. The fourth-order valence-electron chi connectivity index (χ4n) is 2.04. The normalized spacial score (nSPS) is 12.4. The lowest BCUT2D eigenvalue weighted by molar-refractivity contribution is 0.568. The van der Waals surface area contributed by atoms with Gasteiger partial charge in [-0.3, -0.25) is 4.98 Å². The van der Waals surface area contributed by atoms with Gasteiger partial charge in [-0.1, -0.05) is 0 Å². The highest BCUT2D eigenvalue weighted by Crippen LogP contribution is 2.12. The van der Waals surface area contributed by atoms with Crippen LogP contribution in [0.1, 0.15) is 17.5 Å². The largest absolute Gasteiger partial charge is 0.327 e. The predicted molar refractivity (Wildman–Crippen MR) is 70.6 cm³/mol. The molecule has 0 amide bonds. The van der Waals surface area contributed by atoms with Crippen molar-refractivity contribution in [3.63, 3.8) is 0 Å². The minimum absolute atomic E-state index is 0.116. The van der Waals surface area contributed by atoms with Crippen molar-refractivity contribution in [2.24, 2.45) is 5.73 Å². The molecule has 2 nitrogen and oxygen atoms in total. The third-order valence-electron chi connectivity index (χ3n) is 2.97. The molecule has 4 heteroatoms. The fourth-order valence-corrected chi connectivity index (χ4v) is 2.04. The van der Waals surface area contributed by atoms with Gasteiger partial charge >= 0.3 is 0 Å². The first-order valence-electron chi connectivity index (χ1n) is 6.23. The Balaban J connectivity index is 1.89. The molecule has 0 bridgehead atoms. The van der Waals surface area contributed by atoms with E-state index in [4.69, 9.17) is 5.73 Å². The molecule has 19 heavy (non-hydrogen) atoms. The maximum atomic E-state index is 13.0. The molecule has 0 aliphatic rings. The molecule has 0 spiro atoms. The lowest BCUT2D eigenvalue weighted by Crippen LogP contribution is -2.23. The van der Waals surface area contributed by atoms with Crippen molar-refractivity contribution >= 4 is 0 Å². The topological polar surface area (TPSA) is 38.9 Å². The predicted octanol–water partition coefficient (Wildman–Crippen LogP) is 2.86. The number of hydrogen-bond donors (Lipinski definition) is 1. The van der Waals surface area contributed by atoms with Crippen molar-refractivity contribution in [1.29, 1.82) is 0 Å². The monoisotopic (exact) mass is 262 g/mol. The van der Waals surface area contributed by atoms with E-state index in [0.29, 0.717) is 12.0 Å². The molecule has 1 aromatic heterocycles. The highest BCUT2D eigenvalue weighted by Gasteiger charge is 2.07. The Kier molecular flexibility index (Phi) is 4.58. The Morgan fingerprint density at radius 1 is 1.00 bits per heavy atom. The van der Waals surface area contributed by atoms with Crippen LogP contribution in [0, 0.1) is 11.6 Å². The number of nitrogens with two attached hydrogens (primary N) is 1. The molecule has 0 saturated heterocycles. The zero-order valence-electron chi connectivity index (χ0n) is 10.5. The Morgan fingerprint density at radius 2 is 1.63 bits per heavy atom. The quantitative estimate of drug-likeness (QED) is 0.900. The van der Waals surface area contributed by atoms with Gasteiger partial charge < -0.3 is 5.73 Å². The van der Waals surface area contributed by atoms with Crippen LogP contribution >= 0.6 is 0 Å². The highest BCUT2D eigenvalue weighted by molar-refractivity contribution is 5.19. The van der Waals surface area contributed by atoms with Gasteiger partial charge in [-0.15, -0.1) is 0 Å². The lowest BCUT2D eigenvalue weighted by atomic mass is 10.00. The first kappa shape index (κ1) is 13.6. The van der Waals surface area contributed by atoms with Crippen LogP contribution in [-0.4, -0.2) is 11.0 Å². The van der Waals surface area contributed by atoms with Crippen LogP contribution in [0.5, 0.6) is 0 Å². The van der Waals surface area contributed by atoms with Crippen LogP contribution in [0.3, 0.4) is 0 Å². The first-order chi connectivity index (χ1) is 9.13. The first-order valence-corrected chi connectivity index (χ1v) is 6.23. The van der Waals surface area contributed by atoms with Crippen molar-refractivity contribution < 1.29 is 8.78 Å². The van der Waals surface area contributed by atoms with Gasteiger partial charge in [0, 0.05) is 24.5 Å². The molecule has 0 saturated carbocycles. The molecule has 0 aliphatic carbocycles. The molecule has 2 rings (SSSR count). The average Bonchev–Trinajstić information content (AvgIpc) is 2.36. The summed E-state index contributed by atoms with van der Waals surface area (Å²) in [4.78, 5) is 3.95. The summed E-state index contributed by atoms with van der Waals surface area (Å²) in [6.45, 7) is 0. The second kappa shape index (κ2) is 6.38. The summed E-state index contributed by atoms with van der Waals surface area (Å²) in [7, 11) is 0. The smallest absolute Gasteiger partial charge is 0.126 e. The Morgan fingerprint density at radius 3 is 2.26 bits per heavy atom. The zero-order chi connectivity index (χ0) is 13.7. The number of pyridine rings is 1. The van der Waals surface area contributed by atoms with Gasteiger partial charge in [0.15, 0.2) is 0 Å². The van der Waals surface area contributed by atoms with Crippen LogP contribution in [-0.2, 0) is 12.8 Å². The van der Waals surface area contributed by atoms with E-state index in [-0.39, 0.29) is 6.04 Å². The van der Waals surface area contributed by atoms with Crippen molar-refractivity contribution in [1.82, 2.24) is 4.98 Å². The van der Waals surface area contributed by atoms with Crippen LogP contribution in [0.15, 0.2) is 42.7 Å². The van der Waals surface area contributed by atoms with E-state index >= 15 is 0 Å². The summed E-state index contributed by atoms with van der Waals surface area (Å²) < 4.78 is 26.1. The summed E-state index contributed by atoms with van der Waals surface area (Å²) in [5.74, 6) is -1.12. The number of nitrogens with zero attached hydrogens (tertiary/aromatic N) is 1. The maximum absolute atomic E-state index is 13.0. The van der Waals surface area contributed by atoms with Gasteiger partial charge in [0.25, 0.3) is 0 Å². The molecular formula is C15H16F2N2. The molecule has 1 heterocycles. The van der Waals surface area contributed by atoms with E-state index in [0.717, 1.165) is 24.5 Å². The standard InChI is InChI=1S/C15H16F2N2/c16-13-7-12(8-14(17)10-13)9-15(18)2-1-11-3-5-19-6-4-11/h3-8,10,15H,1-2,9,18H2. The van der Waals surface area contributed by atoms with Gasteiger partial charge in [0.2, 0.25) is 0 Å². The number of rotatable bonds is 5. The van der Waals surface area contributed by atoms with Gasteiger partial charge in [-0.25, -0.2) is 8.78 Å². The Hall–Kier alpha value is -1.81. The third kappa shape index (κ3) is 4.41. The molecule has 1 atom stereocenters. The van der Waals surface area contributed by atoms with Crippen LogP contribution in [0.2, 0.25) is 0 Å². The van der Waals surface area contributed by atoms with E-state index in [1.54, 1.807) is 12.4 Å². The molecule has 0 aliphatic heterocycles. The highest BCUT2D eigenvalue weighted by atomic mass is 19.1. The molecule has 100 valence electrons. The minimum Gasteiger partial charge on any atom is -0.327 e. The van der Waals surface area contributed by atoms with Gasteiger partial charge in [-0.2, -0.15) is 0 Å². The Labute approximate surface area is 111 Å². The second-order valence-electron chi connectivity index (χ2n) is 4.64. The zero-order valence-corrected chi connectivity index (χ0v) is 10.5. The summed E-state index contributed by atoms with van der Waals surface area (Å²) in [5, 5.41) is 0. The van der Waals surface area contributed by atoms with E-state index in [9.17, 15) is 8.78 Å². The molecule has 1 aromatic carbocycles. The maximum Gasteiger partial charge on any atom is 0.126 e. The summed E-state index contributed by atoms with van der Waals surface area (Å²) in [6.07, 6.45) is 5.55. The number of aromatic nitrogens is 1. The molecular weight excluding hydrogens is 246 g/mol. The lowest BCUT2D eigenvalue weighted by Gasteiger charge is -2.11. The molecule has 1 unspecified atom stereocenters. The van der Waals surface area contributed by atoms with E-state index in [2.05, 4.69) is 4.98 Å². The van der Waals surface area contributed by atoms with Crippen LogP contribution in [0.4, 0.5) is 8.78 Å². The van der Waals surface area contributed by atoms with Crippen molar-refractivity contribution in [3.05, 3.63) is 65.5 Å². The van der Waals surface area contributed by atoms with E-state index in [1.165, 1.54) is 12.1 Å². The van der Waals surface area contributed by atoms with Crippen molar-refractivity contribution in [2.45, 2.75) is 25.3 Å². The molecule has 0 radical (unpaired) electrons. The summed E-state index contributed by atoms with van der Waals surface area (Å²) >= 11 is 0. The Bertz CT molecular complexity index is 509. The number of aryl methyl sites for hydroxylation is 1. The number of benzene rings is 1. The van der Waals surface area contributed by atoms with Gasteiger partial charge in [-0.05, 0) is 54.7 Å². The molecule has 2 aromatic rings. The van der Waals surface area contributed by atoms with E-state index < -0.39 is 11.6 Å². The van der Waals surface area contributed by atoms with E-state index in [1.807, 2.05) is 12.1 Å². The molecule has 2 N–H and O–H groups in total. The second-order valence-corrected chi connectivity index (χ2v) is 4.64. The number of halogens is 2. The molecule has 0 fully saturated rings. The SMILES string of the molecule is NC(CCc1ccncc1)Cc1cc(F)cc(F)c1. The van der Waals surface area contributed by atoms with Crippen molar-refractivity contribution in [3.8, 4) is 0 Å². The van der Waals surface area contributed by atoms with Crippen LogP contribution < -0.4 is 5.73 Å². The minimum atomic E-state index is -0.559. The van der Waals surface area contributed by atoms with Gasteiger partial charge in [0.1, 0.15) is 11.6 Å². The number of hydrogen-bond acceptors (Lipinski definition) is 2. The third-order valence-corrected chi connectivity index (χ3v) is 2.97. The van der Waals surface area contributed by atoms with Gasteiger partial charge in [0.05, 0.1) is 0 Å². The summed E-state index contributed by atoms with van der Waals surface area (Å²) in [5.41, 5.74) is 7.75. The average molecular weight is 262 g/mol. The van der Waals surface area contributed by atoms with Crippen molar-refractivity contribution in [2.75, 3.05) is 0 Å². The summed E-state index contributed by atoms with van der Waals surface area (Å²) in [6, 6.07) is 7.29. The van der Waals surface area contributed by atoms with Crippen LogP contribution in [0.25, 0.3) is 0 Å².